The monoisotopic (exact) mass is 355 g/mol. The van der Waals surface area contributed by atoms with Gasteiger partial charge in [0.15, 0.2) is 5.82 Å². The van der Waals surface area contributed by atoms with Crippen LogP contribution in [-0.2, 0) is 17.9 Å². The van der Waals surface area contributed by atoms with E-state index in [4.69, 9.17) is 10.5 Å². The number of aromatic nitrogens is 4. The number of aliphatic imine (C=N–C) groups is 1. The molecule has 3 rings (SSSR count). The Bertz CT molecular complexity index is 948. The highest BCUT2D eigenvalue weighted by atomic mass is 16.5. The van der Waals surface area contributed by atoms with E-state index in [2.05, 4.69) is 31.4 Å². The predicted molar refractivity (Wildman–Crippen MR) is 106 cm³/mol. The number of nitrogens with two attached hydrogens (primary N) is 1. The summed E-state index contributed by atoms with van der Waals surface area (Å²) >= 11 is 0. The van der Waals surface area contributed by atoms with Crippen LogP contribution in [0.1, 0.15) is 26.1 Å². The fourth-order valence-corrected chi connectivity index (χ4v) is 3.01. The predicted octanol–water partition coefficient (Wildman–Crippen LogP) is 2.60. The van der Waals surface area contributed by atoms with E-state index in [9.17, 15) is 0 Å². The lowest BCUT2D eigenvalue weighted by molar-refractivity contribution is 0.126. The first-order valence-electron chi connectivity index (χ1n) is 8.77. The fourth-order valence-electron chi connectivity index (χ4n) is 3.01. The summed E-state index contributed by atoms with van der Waals surface area (Å²) < 4.78 is 7.73. The minimum absolute atomic E-state index is 0.408. The summed E-state index contributed by atoms with van der Waals surface area (Å²) in [6.45, 7) is 6.00. The molecule has 0 aromatic carbocycles. The van der Waals surface area contributed by atoms with Crippen LogP contribution in [0, 0.1) is 0 Å². The van der Waals surface area contributed by atoms with Gasteiger partial charge in [0.25, 0.3) is 0 Å². The molecule has 0 saturated carbocycles. The smallest absolute Gasteiger partial charge is 0.152 e. The zero-order valence-corrected chi connectivity index (χ0v) is 15.7. The molecule has 3 aromatic heterocycles. The standard InChI is InChI=1S/C18H25N7O/c1-5-7-25-14(10-26-6-2)23-16-17(25)15-13(22-18(16)19)8-12(9-21-15)24(4)11-20-3/h8-9,11H,5-7,10H2,1-4H3,(H2,19,22). The highest BCUT2D eigenvalue weighted by Gasteiger charge is 2.18. The second-order valence-electron chi connectivity index (χ2n) is 6.06. The maximum absolute atomic E-state index is 6.22. The van der Waals surface area contributed by atoms with Gasteiger partial charge in [-0.25, -0.2) is 9.97 Å². The van der Waals surface area contributed by atoms with Gasteiger partial charge in [-0.1, -0.05) is 6.92 Å². The van der Waals surface area contributed by atoms with E-state index in [-0.39, 0.29) is 0 Å². The maximum Gasteiger partial charge on any atom is 0.152 e. The molecule has 0 unspecified atom stereocenters. The molecule has 0 fully saturated rings. The largest absolute Gasteiger partial charge is 0.382 e. The lowest BCUT2D eigenvalue weighted by Crippen LogP contribution is -2.14. The molecule has 2 N–H and O–H groups in total. The Morgan fingerprint density at radius 3 is 2.81 bits per heavy atom. The average molecular weight is 355 g/mol. The normalized spacial score (nSPS) is 11.8. The number of ether oxygens (including phenoxy) is 1. The van der Waals surface area contributed by atoms with E-state index in [0.717, 1.165) is 41.0 Å². The van der Waals surface area contributed by atoms with Crippen molar-refractivity contribution in [3.05, 3.63) is 18.1 Å². The topological polar surface area (TPSA) is 94.5 Å². The lowest BCUT2D eigenvalue weighted by Gasteiger charge is -2.14. The van der Waals surface area contributed by atoms with E-state index in [1.807, 2.05) is 31.1 Å². The van der Waals surface area contributed by atoms with Crippen LogP contribution in [0.2, 0.25) is 0 Å². The van der Waals surface area contributed by atoms with E-state index < -0.39 is 0 Å². The SMILES string of the molecule is CCCn1c(COCC)nc2c(N)nc3cc(N(C)C=NC)cnc3c21. The molecule has 26 heavy (non-hydrogen) atoms. The summed E-state index contributed by atoms with van der Waals surface area (Å²) in [5, 5.41) is 0. The van der Waals surface area contributed by atoms with Crippen molar-refractivity contribution in [1.82, 2.24) is 19.5 Å². The number of fused-ring (bicyclic) bond motifs is 3. The van der Waals surface area contributed by atoms with Crippen LogP contribution in [0.4, 0.5) is 11.5 Å². The van der Waals surface area contributed by atoms with Gasteiger partial charge in [-0.3, -0.25) is 9.98 Å². The van der Waals surface area contributed by atoms with Crippen LogP contribution in [-0.4, -0.2) is 46.6 Å². The Morgan fingerprint density at radius 1 is 1.31 bits per heavy atom. The zero-order valence-electron chi connectivity index (χ0n) is 15.7. The van der Waals surface area contributed by atoms with E-state index in [0.29, 0.717) is 24.5 Å². The van der Waals surface area contributed by atoms with Gasteiger partial charge in [0.2, 0.25) is 0 Å². The van der Waals surface area contributed by atoms with Gasteiger partial charge in [0, 0.05) is 27.2 Å². The van der Waals surface area contributed by atoms with Crippen molar-refractivity contribution in [2.24, 2.45) is 4.99 Å². The van der Waals surface area contributed by atoms with Crippen LogP contribution in [0.15, 0.2) is 17.3 Å². The molecule has 3 aromatic rings. The number of anilines is 2. The number of pyridine rings is 2. The van der Waals surface area contributed by atoms with Crippen LogP contribution >= 0.6 is 0 Å². The third-order valence-corrected chi connectivity index (χ3v) is 4.19. The number of nitrogens with zero attached hydrogens (tertiary/aromatic N) is 6. The fraction of sp³-hybridized carbons (Fsp3) is 0.444. The second kappa shape index (κ2) is 7.65. The maximum atomic E-state index is 6.22. The van der Waals surface area contributed by atoms with Crippen molar-refractivity contribution >= 4 is 39.9 Å². The van der Waals surface area contributed by atoms with Gasteiger partial charge in [0.05, 0.1) is 23.7 Å². The lowest BCUT2D eigenvalue weighted by atomic mass is 10.2. The number of hydrogen-bond acceptors (Lipinski definition) is 6. The van der Waals surface area contributed by atoms with Gasteiger partial charge in [-0.15, -0.1) is 0 Å². The quantitative estimate of drug-likeness (QED) is 0.517. The molecule has 0 aliphatic heterocycles. The number of hydrogen-bond donors (Lipinski definition) is 1. The molecule has 3 heterocycles. The summed E-state index contributed by atoms with van der Waals surface area (Å²) in [5.41, 5.74) is 10.3. The summed E-state index contributed by atoms with van der Waals surface area (Å²) in [6.07, 6.45) is 4.52. The van der Waals surface area contributed by atoms with Crippen molar-refractivity contribution in [2.45, 2.75) is 33.4 Å². The number of rotatable bonds is 7. The van der Waals surface area contributed by atoms with Crippen molar-refractivity contribution in [3.8, 4) is 0 Å². The second-order valence-corrected chi connectivity index (χ2v) is 6.06. The Kier molecular flexibility index (Phi) is 5.32. The van der Waals surface area contributed by atoms with E-state index >= 15 is 0 Å². The molecule has 0 amide bonds. The molecular weight excluding hydrogens is 330 g/mol. The summed E-state index contributed by atoms with van der Waals surface area (Å²) in [5.74, 6) is 1.26. The van der Waals surface area contributed by atoms with E-state index in [1.54, 1.807) is 13.4 Å². The van der Waals surface area contributed by atoms with Gasteiger partial charge in [0.1, 0.15) is 29.0 Å². The Morgan fingerprint density at radius 2 is 2.12 bits per heavy atom. The van der Waals surface area contributed by atoms with Crippen LogP contribution in [0.25, 0.3) is 22.1 Å². The number of nitrogen functional groups attached to an aromatic ring is 1. The molecule has 0 spiro atoms. The Labute approximate surface area is 152 Å². The van der Waals surface area contributed by atoms with Crippen molar-refractivity contribution in [3.63, 3.8) is 0 Å². The zero-order chi connectivity index (χ0) is 18.7. The summed E-state index contributed by atoms with van der Waals surface area (Å²) in [6, 6.07) is 1.96. The molecule has 0 bridgehead atoms. The molecule has 8 nitrogen and oxygen atoms in total. The molecule has 0 aliphatic carbocycles. The number of imidazole rings is 1. The first-order chi connectivity index (χ1) is 12.6. The third-order valence-electron chi connectivity index (χ3n) is 4.19. The van der Waals surface area contributed by atoms with Gasteiger partial charge in [-0.2, -0.15) is 0 Å². The van der Waals surface area contributed by atoms with E-state index in [1.165, 1.54) is 0 Å². The van der Waals surface area contributed by atoms with Gasteiger partial charge >= 0.3 is 0 Å². The van der Waals surface area contributed by atoms with Gasteiger partial charge < -0.3 is 19.9 Å². The highest BCUT2D eigenvalue weighted by Crippen LogP contribution is 2.29. The van der Waals surface area contributed by atoms with Crippen molar-refractivity contribution in [1.29, 1.82) is 0 Å². The van der Waals surface area contributed by atoms with Crippen molar-refractivity contribution < 1.29 is 4.74 Å². The number of aryl methyl sites for hydroxylation is 1. The summed E-state index contributed by atoms with van der Waals surface area (Å²) in [7, 11) is 3.65. The highest BCUT2D eigenvalue weighted by molar-refractivity contribution is 6.05. The molecule has 0 saturated heterocycles. The van der Waals surface area contributed by atoms with Crippen molar-refractivity contribution in [2.75, 3.05) is 31.3 Å². The first kappa shape index (κ1) is 18.1. The molecule has 0 radical (unpaired) electrons. The molecule has 8 heteroatoms. The summed E-state index contributed by atoms with van der Waals surface area (Å²) in [4.78, 5) is 19.8. The first-order valence-corrected chi connectivity index (χ1v) is 8.77. The van der Waals surface area contributed by atoms with Gasteiger partial charge in [-0.05, 0) is 19.4 Å². The molecule has 138 valence electrons. The minimum atomic E-state index is 0.408. The van der Waals surface area contributed by atoms with Crippen LogP contribution < -0.4 is 10.6 Å². The molecule has 0 aliphatic rings. The molecular formula is C18H25N7O. The minimum Gasteiger partial charge on any atom is -0.382 e. The average Bonchev–Trinajstić information content (AvgIpc) is 2.99. The van der Waals surface area contributed by atoms with Crippen LogP contribution in [0.3, 0.4) is 0 Å². The molecule has 0 atom stereocenters. The Hall–Kier alpha value is -2.74. The third kappa shape index (κ3) is 3.20. The Balaban J connectivity index is 2.24. The van der Waals surface area contributed by atoms with Crippen LogP contribution in [0.5, 0.6) is 0 Å².